The molecule has 2 heterocycles. The van der Waals surface area contributed by atoms with Crippen LogP contribution < -0.4 is 15.5 Å². The molecule has 1 amide bonds. The molecule has 0 atom stereocenters. The van der Waals surface area contributed by atoms with Gasteiger partial charge in [-0.15, -0.1) is 0 Å². The molecule has 132 valence electrons. The molecule has 24 heavy (non-hydrogen) atoms. The van der Waals surface area contributed by atoms with Gasteiger partial charge in [-0.25, -0.2) is 4.98 Å². The van der Waals surface area contributed by atoms with Crippen LogP contribution in [0.4, 0.5) is 11.8 Å². The minimum absolute atomic E-state index is 0.173. The number of rotatable bonds is 7. The number of anilines is 2. The summed E-state index contributed by atoms with van der Waals surface area (Å²) in [4.78, 5) is 23.3. The molecular weight excluding hydrogens is 302 g/mol. The van der Waals surface area contributed by atoms with Crippen LogP contribution in [0.5, 0.6) is 0 Å². The van der Waals surface area contributed by atoms with E-state index in [1.165, 1.54) is 38.5 Å². The molecule has 1 saturated heterocycles. The van der Waals surface area contributed by atoms with Gasteiger partial charge < -0.3 is 15.5 Å². The first-order valence-corrected chi connectivity index (χ1v) is 9.32. The molecule has 3 rings (SSSR count). The lowest BCUT2D eigenvalue weighted by Crippen LogP contribution is -2.30. The maximum atomic E-state index is 11.9. The number of nitrogens with zero attached hydrogens (tertiary/aromatic N) is 3. The van der Waals surface area contributed by atoms with Crippen molar-refractivity contribution in [2.45, 2.75) is 51.9 Å². The van der Waals surface area contributed by atoms with Crippen LogP contribution in [0, 0.1) is 12.8 Å². The predicted molar refractivity (Wildman–Crippen MR) is 96.3 cm³/mol. The van der Waals surface area contributed by atoms with E-state index in [0.29, 0.717) is 31.4 Å². The number of hydrogen-bond acceptors (Lipinski definition) is 5. The highest BCUT2D eigenvalue weighted by Gasteiger charge is 2.18. The van der Waals surface area contributed by atoms with E-state index in [4.69, 9.17) is 0 Å². The summed E-state index contributed by atoms with van der Waals surface area (Å²) in [7, 11) is 0. The summed E-state index contributed by atoms with van der Waals surface area (Å²) in [5.74, 6) is 2.43. The molecule has 0 aromatic carbocycles. The van der Waals surface area contributed by atoms with Crippen LogP contribution in [0.25, 0.3) is 0 Å². The highest BCUT2D eigenvalue weighted by atomic mass is 16.1. The predicted octanol–water partition coefficient (Wildman–Crippen LogP) is 2.49. The summed E-state index contributed by atoms with van der Waals surface area (Å²) < 4.78 is 0. The molecule has 1 aromatic rings. The van der Waals surface area contributed by atoms with Gasteiger partial charge in [-0.05, 0) is 38.5 Å². The van der Waals surface area contributed by atoms with Gasteiger partial charge in [-0.1, -0.05) is 12.8 Å². The van der Waals surface area contributed by atoms with Gasteiger partial charge in [0, 0.05) is 44.4 Å². The van der Waals surface area contributed by atoms with Crippen molar-refractivity contribution in [2.24, 2.45) is 5.92 Å². The minimum Gasteiger partial charge on any atom is -0.356 e. The molecule has 1 saturated carbocycles. The number of amides is 1. The highest BCUT2D eigenvalue weighted by molar-refractivity contribution is 5.76. The smallest absolute Gasteiger partial charge is 0.224 e. The molecule has 0 bridgehead atoms. The third kappa shape index (κ3) is 4.82. The van der Waals surface area contributed by atoms with Crippen molar-refractivity contribution in [2.75, 3.05) is 36.4 Å². The fourth-order valence-corrected chi connectivity index (χ4v) is 3.66. The van der Waals surface area contributed by atoms with Gasteiger partial charge in [0.2, 0.25) is 11.9 Å². The Bertz CT molecular complexity index is 550. The third-order valence-corrected chi connectivity index (χ3v) is 4.95. The first kappa shape index (κ1) is 17.0. The monoisotopic (exact) mass is 331 g/mol. The fourth-order valence-electron chi connectivity index (χ4n) is 3.66. The van der Waals surface area contributed by atoms with E-state index in [2.05, 4.69) is 25.5 Å². The normalized spacial score (nSPS) is 18.1. The second kappa shape index (κ2) is 8.31. The molecule has 2 fully saturated rings. The Morgan fingerprint density at radius 3 is 2.67 bits per heavy atom. The molecule has 1 aromatic heterocycles. The first-order valence-electron chi connectivity index (χ1n) is 9.32. The van der Waals surface area contributed by atoms with Crippen LogP contribution in [0.15, 0.2) is 6.07 Å². The van der Waals surface area contributed by atoms with Crippen LogP contribution in [0.2, 0.25) is 0 Å². The number of carbonyl (C=O) groups is 1. The fraction of sp³-hybridized carbons (Fsp3) is 0.722. The van der Waals surface area contributed by atoms with Gasteiger partial charge >= 0.3 is 0 Å². The lowest BCUT2D eigenvalue weighted by Gasteiger charge is -2.17. The van der Waals surface area contributed by atoms with E-state index in [0.717, 1.165) is 24.6 Å². The highest BCUT2D eigenvalue weighted by Crippen LogP contribution is 2.27. The number of aromatic nitrogens is 2. The molecule has 6 nitrogen and oxygen atoms in total. The maximum absolute atomic E-state index is 11.9. The van der Waals surface area contributed by atoms with Crippen molar-refractivity contribution in [3.05, 3.63) is 11.8 Å². The van der Waals surface area contributed by atoms with Crippen molar-refractivity contribution in [1.82, 2.24) is 15.3 Å². The Balaban J connectivity index is 1.41. The SMILES string of the molecule is Cc1cc(N2CCCC2)nc(NCCNC(=O)CC2CCCC2)n1. The molecular formula is C18H29N5O. The van der Waals surface area contributed by atoms with Gasteiger partial charge in [-0.3, -0.25) is 4.79 Å². The van der Waals surface area contributed by atoms with E-state index in [9.17, 15) is 4.79 Å². The first-order chi connectivity index (χ1) is 11.7. The molecule has 0 radical (unpaired) electrons. The van der Waals surface area contributed by atoms with E-state index < -0.39 is 0 Å². The Morgan fingerprint density at radius 1 is 1.17 bits per heavy atom. The largest absolute Gasteiger partial charge is 0.356 e. The van der Waals surface area contributed by atoms with Crippen LogP contribution in [0.1, 0.15) is 50.6 Å². The lowest BCUT2D eigenvalue weighted by molar-refractivity contribution is -0.121. The molecule has 2 N–H and O–H groups in total. The van der Waals surface area contributed by atoms with E-state index >= 15 is 0 Å². The Labute approximate surface area is 144 Å². The quantitative estimate of drug-likeness (QED) is 0.751. The summed E-state index contributed by atoms with van der Waals surface area (Å²) in [6, 6.07) is 2.04. The Morgan fingerprint density at radius 2 is 1.92 bits per heavy atom. The number of nitrogens with one attached hydrogen (secondary N) is 2. The average Bonchev–Trinajstić information content (AvgIpc) is 3.24. The number of aryl methyl sites for hydroxylation is 1. The van der Waals surface area contributed by atoms with Crippen molar-refractivity contribution in [1.29, 1.82) is 0 Å². The standard InChI is InChI=1S/C18H29N5O/c1-14-12-16(23-10-4-5-11-23)22-18(21-14)20-9-8-19-17(24)13-15-6-2-3-7-15/h12,15H,2-11,13H2,1H3,(H,19,24)(H,20,21,22). The summed E-state index contributed by atoms with van der Waals surface area (Å²) in [5, 5.41) is 6.23. The third-order valence-electron chi connectivity index (χ3n) is 4.95. The summed E-state index contributed by atoms with van der Waals surface area (Å²) in [5.41, 5.74) is 0.972. The van der Waals surface area contributed by atoms with Crippen LogP contribution in [-0.4, -0.2) is 42.1 Å². The molecule has 1 aliphatic heterocycles. The Kier molecular flexibility index (Phi) is 5.88. The maximum Gasteiger partial charge on any atom is 0.224 e. The van der Waals surface area contributed by atoms with E-state index in [-0.39, 0.29) is 5.91 Å². The average molecular weight is 331 g/mol. The van der Waals surface area contributed by atoms with Gasteiger partial charge in [0.05, 0.1) is 0 Å². The van der Waals surface area contributed by atoms with Gasteiger partial charge in [-0.2, -0.15) is 4.98 Å². The summed E-state index contributed by atoms with van der Waals surface area (Å²) >= 11 is 0. The summed E-state index contributed by atoms with van der Waals surface area (Å²) in [6.07, 6.45) is 8.13. The molecule has 0 unspecified atom stereocenters. The second-order valence-corrected chi connectivity index (χ2v) is 7.02. The Hall–Kier alpha value is -1.85. The van der Waals surface area contributed by atoms with Gasteiger partial charge in [0.25, 0.3) is 0 Å². The van der Waals surface area contributed by atoms with Gasteiger partial charge in [0.1, 0.15) is 5.82 Å². The van der Waals surface area contributed by atoms with Crippen molar-refractivity contribution < 1.29 is 4.79 Å². The number of carbonyl (C=O) groups excluding carboxylic acids is 1. The van der Waals surface area contributed by atoms with E-state index in [1.807, 2.05) is 13.0 Å². The van der Waals surface area contributed by atoms with Crippen molar-refractivity contribution in [3.63, 3.8) is 0 Å². The van der Waals surface area contributed by atoms with Crippen LogP contribution in [-0.2, 0) is 4.79 Å². The minimum atomic E-state index is 0.173. The van der Waals surface area contributed by atoms with Crippen molar-refractivity contribution >= 4 is 17.7 Å². The second-order valence-electron chi connectivity index (χ2n) is 7.02. The number of hydrogen-bond donors (Lipinski definition) is 2. The zero-order valence-corrected chi connectivity index (χ0v) is 14.7. The molecule has 6 heteroatoms. The topological polar surface area (TPSA) is 70.2 Å². The zero-order valence-electron chi connectivity index (χ0n) is 14.7. The molecule has 0 spiro atoms. The van der Waals surface area contributed by atoms with Crippen LogP contribution >= 0.6 is 0 Å². The van der Waals surface area contributed by atoms with Crippen molar-refractivity contribution in [3.8, 4) is 0 Å². The lowest BCUT2D eigenvalue weighted by atomic mass is 10.0. The molecule has 2 aliphatic rings. The summed E-state index contributed by atoms with van der Waals surface area (Å²) in [6.45, 7) is 5.41. The van der Waals surface area contributed by atoms with Gasteiger partial charge in [0.15, 0.2) is 0 Å². The van der Waals surface area contributed by atoms with Crippen LogP contribution in [0.3, 0.4) is 0 Å². The van der Waals surface area contributed by atoms with E-state index in [1.54, 1.807) is 0 Å². The zero-order chi connectivity index (χ0) is 16.8. The molecule has 1 aliphatic carbocycles.